The van der Waals surface area contributed by atoms with E-state index in [1.807, 2.05) is 13.8 Å². The van der Waals surface area contributed by atoms with Gasteiger partial charge in [-0.1, -0.05) is 32.5 Å². The Bertz CT molecular complexity index is 591. The summed E-state index contributed by atoms with van der Waals surface area (Å²) in [6, 6.07) is 0. The van der Waals surface area contributed by atoms with Gasteiger partial charge in [0.1, 0.15) is 11.4 Å². The molecule has 160 valence electrons. The van der Waals surface area contributed by atoms with Gasteiger partial charge in [-0.3, -0.25) is 0 Å². The fourth-order valence-corrected chi connectivity index (χ4v) is 7.01. The van der Waals surface area contributed by atoms with Crippen molar-refractivity contribution in [3.05, 3.63) is 0 Å². The molecule has 4 saturated heterocycles. The lowest BCUT2D eigenvalue weighted by atomic mass is 9.58. The van der Waals surface area contributed by atoms with Gasteiger partial charge >= 0.3 is 5.30 Å². The summed E-state index contributed by atoms with van der Waals surface area (Å²) in [5.41, 5.74) is -0.622. The number of fused-ring (bicyclic) bond motifs is 2. The Morgan fingerprint density at radius 2 is 2.00 bits per heavy atom. The number of hydrogen-bond donors (Lipinski definition) is 0. The number of rotatable bonds is 5. The van der Waals surface area contributed by atoms with Crippen LogP contribution < -0.4 is 0 Å². The fraction of sp³-hybridized carbons (Fsp3) is 0.950. The minimum Gasteiger partial charge on any atom is -0.446 e. The first-order valence-corrected chi connectivity index (χ1v) is 12.5. The van der Waals surface area contributed by atoms with E-state index in [0.717, 1.165) is 31.4 Å². The van der Waals surface area contributed by atoms with Gasteiger partial charge in [-0.2, -0.15) is 0 Å². The van der Waals surface area contributed by atoms with E-state index in [-0.39, 0.29) is 16.7 Å². The Morgan fingerprint density at radius 3 is 2.79 bits per heavy atom. The maximum atomic E-state index is 11.8. The Morgan fingerprint density at radius 1 is 1.18 bits per heavy atom. The van der Waals surface area contributed by atoms with E-state index in [4.69, 9.17) is 24.0 Å². The lowest BCUT2D eigenvalue weighted by Gasteiger charge is -2.60. The summed E-state index contributed by atoms with van der Waals surface area (Å²) in [6.45, 7) is 8.52. The molecule has 0 unspecified atom stereocenters. The van der Waals surface area contributed by atoms with Crippen LogP contribution in [0.4, 0.5) is 4.79 Å². The first-order chi connectivity index (χ1) is 13.4. The van der Waals surface area contributed by atoms with Crippen LogP contribution >= 0.6 is 23.5 Å². The second kappa shape index (κ2) is 8.27. The van der Waals surface area contributed by atoms with Crippen LogP contribution in [0.3, 0.4) is 0 Å². The van der Waals surface area contributed by atoms with Crippen molar-refractivity contribution < 1.29 is 28.8 Å². The van der Waals surface area contributed by atoms with E-state index < -0.39 is 17.7 Å². The molecular formula is C20H32O6S2. The van der Waals surface area contributed by atoms with Crippen LogP contribution in [0.25, 0.3) is 0 Å². The van der Waals surface area contributed by atoms with Crippen molar-refractivity contribution in [3.8, 4) is 0 Å². The van der Waals surface area contributed by atoms with Gasteiger partial charge < -0.3 is 14.2 Å². The molecule has 8 atom stereocenters. The fourth-order valence-electron chi connectivity index (χ4n) is 5.44. The molecule has 0 amide bonds. The number of ether oxygens (including phenoxy) is 3. The normalized spacial score (nSPS) is 47.3. The summed E-state index contributed by atoms with van der Waals surface area (Å²) < 4.78 is 18.2. The van der Waals surface area contributed by atoms with Crippen LogP contribution in [0.15, 0.2) is 0 Å². The van der Waals surface area contributed by atoms with E-state index >= 15 is 0 Å². The van der Waals surface area contributed by atoms with Gasteiger partial charge in [-0.15, -0.1) is 0 Å². The van der Waals surface area contributed by atoms with Gasteiger partial charge in [0.2, 0.25) is 5.79 Å². The summed E-state index contributed by atoms with van der Waals surface area (Å²) in [5, 5.41) is -0.213. The summed E-state index contributed by atoms with van der Waals surface area (Å²) in [5.74, 6) is 1.82. The zero-order chi connectivity index (χ0) is 19.9. The molecule has 8 heteroatoms. The predicted octanol–water partition coefficient (Wildman–Crippen LogP) is 5.16. The van der Waals surface area contributed by atoms with Gasteiger partial charge in [0.25, 0.3) is 0 Å². The largest absolute Gasteiger partial charge is 0.446 e. The summed E-state index contributed by atoms with van der Waals surface area (Å²) in [7, 11) is 0. The molecule has 0 aromatic carbocycles. The van der Waals surface area contributed by atoms with Crippen molar-refractivity contribution in [1.29, 1.82) is 0 Å². The van der Waals surface area contributed by atoms with Crippen molar-refractivity contribution in [2.45, 2.75) is 82.9 Å². The van der Waals surface area contributed by atoms with Crippen molar-refractivity contribution >= 4 is 28.8 Å². The molecule has 28 heavy (non-hydrogen) atoms. The number of carbonyl (C=O) groups excluding carboxylic acids is 1. The Kier molecular flexibility index (Phi) is 6.28. The molecule has 5 fully saturated rings. The highest BCUT2D eigenvalue weighted by Gasteiger charge is 2.69. The van der Waals surface area contributed by atoms with Crippen molar-refractivity contribution in [3.63, 3.8) is 0 Å². The zero-order valence-corrected chi connectivity index (χ0v) is 18.8. The predicted molar refractivity (Wildman–Crippen MR) is 109 cm³/mol. The number of hydrogen-bond acceptors (Lipinski definition) is 8. The highest BCUT2D eigenvalue weighted by atomic mass is 32.2. The van der Waals surface area contributed by atoms with E-state index in [1.54, 1.807) is 11.8 Å². The summed E-state index contributed by atoms with van der Waals surface area (Å²) >= 11 is 2.77. The molecule has 0 aromatic rings. The monoisotopic (exact) mass is 432 g/mol. The van der Waals surface area contributed by atoms with Gasteiger partial charge in [0.15, 0.2) is 11.9 Å². The molecule has 0 aromatic heterocycles. The molecule has 6 nitrogen and oxygen atoms in total. The van der Waals surface area contributed by atoms with Crippen LogP contribution in [0.2, 0.25) is 0 Å². The van der Waals surface area contributed by atoms with Crippen LogP contribution in [-0.2, 0) is 24.0 Å². The standard InChI is InChI=1S/C20H32O6S2/c1-5-10-27-18(21)22-11-28-16-13(3)15-7-6-12(2)14-8-9-19(4)24-17(23-16)20(14,15)26-25-19/h12-17H,5-11H2,1-4H3/t12-,13-,14+,15+,16+,17-,19+,20-/m1/s1. The van der Waals surface area contributed by atoms with Crippen LogP contribution in [0.5, 0.6) is 0 Å². The van der Waals surface area contributed by atoms with Gasteiger partial charge in [0.05, 0.1) is 0 Å². The third-order valence-electron chi connectivity index (χ3n) is 6.93. The van der Waals surface area contributed by atoms with E-state index in [9.17, 15) is 4.79 Å². The van der Waals surface area contributed by atoms with Crippen LogP contribution in [0.1, 0.15) is 59.8 Å². The number of carbonyl (C=O) groups is 1. The van der Waals surface area contributed by atoms with Crippen molar-refractivity contribution in [1.82, 2.24) is 0 Å². The van der Waals surface area contributed by atoms with E-state index in [0.29, 0.717) is 23.7 Å². The second-order valence-electron chi connectivity index (χ2n) is 8.80. The lowest BCUT2D eigenvalue weighted by molar-refractivity contribution is -0.568. The zero-order valence-electron chi connectivity index (χ0n) is 17.2. The Labute approximate surface area is 176 Å². The molecule has 1 spiro atoms. The van der Waals surface area contributed by atoms with Crippen molar-refractivity contribution in [2.75, 3.05) is 11.7 Å². The SMILES string of the molecule is CCCSC(=O)OCS[C@@H]1O[C@@H]2O[C@]3(C)CC[C@H]4[C@H](C)CC[C@@H]([C@H]1C)[C@@]24OO3. The molecule has 1 aliphatic carbocycles. The molecule has 2 bridgehead atoms. The highest BCUT2D eigenvalue weighted by Crippen LogP contribution is 2.61. The first-order valence-electron chi connectivity index (χ1n) is 10.5. The van der Waals surface area contributed by atoms with Crippen LogP contribution in [-0.4, -0.2) is 40.1 Å². The Hall–Kier alpha value is 0.01000. The molecule has 0 N–H and O–H groups in total. The summed E-state index contributed by atoms with van der Waals surface area (Å²) in [6.07, 6.45) is 4.63. The molecule has 5 aliphatic rings. The quantitative estimate of drug-likeness (QED) is 0.335. The van der Waals surface area contributed by atoms with Gasteiger partial charge in [-0.25, -0.2) is 14.6 Å². The summed E-state index contributed by atoms with van der Waals surface area (Å²) in [4.78, 5) is 23.8. The molecule has 1 saturated carbocycles. The lowest BCUT2D eigenvalue weighted by Crippen LogP contribution is -2.70. The third kappa shape index (κ3) is 3.62. The molecular weight excluding hydrogens is 400 g/mol. The highest BCUT2D eigenvalue weighted by molar-refractivity contribution is 8.13. The first kappa shape index (κ1) is 21.2. The molecule has 4 aliphatic heterocycles. The molecule has 0 radical (unpaired) electrons. The average Bonchev–Trinajstić information content (AvgIpc) is 2.90. The molecule has 5 rings (SSSR count). The van der Waals surface area contributed by atoms with Gasteiger partial charge in [-0.05, 0) is 62.1 Å². The minimum atomic E-state index is -0.753. The average molecular weight is 433 g/mol. The smallest absolute Gasteiger partial charge is 0.368 e. The maximum Gasteiger partial charge on any atom is 0.368 e. The van der Waals surface area contributed by atoms with Gasteiger partial charge in [0, 0.05) is 18.1 Å². The second-order valence-corrected chi connectivity index (χ2v) is 10.9. The van der Waals surface area contributed by atoms with Crippen molar-refractivity contribution in [2.24, 2.45) is 23.7 Å². The Balaban J connectivity index is 1.48. The van der Waals surface area contributed by atoms with E-state index in [2.05, 4.69) is 13.8 Å². The van der Waals surface area contributed by atoms with E-state index in [1.165, 1.54) is 18.2 Å². The molecule has 4 heterocycles. The topological polar surface area (TPSA) is 63.2 Å². The minimum absolute atomic E-state index is 0.0924. The van der Waals surface area contributed by atoms with Crippen LogP contribution in [0, 0.1) is 23.7 Å². The maximum absolute atomic E-state index is 11.8. The number of thioether (sulfide) groups is 2. The third-order valence-corrected chi connectivity index (χ3v) is 9.02.